The lowest BCUT2D eigenvalue weighted by Gasteiger charge is -2.21. The van der Waals surface area contributed by atoms with E-state index in [4.69, 9.17) is 19.9 Å². The number of hydrogen-bond acceptors (Lipinski definition) is 10. The van der Waals surface area contributed by atoms with Gasteiger partial charge in [-0.25, -0.2) is 9.59 Å². The maximum Gasteiger partial charge on any atom is 0.338 e. The monoisotopic (exact) mass is 362 g/mol. The van der Waals surface area contributed by atoms with E-state index in [-0.39, 0.29) is 46.2 Å². The molecule has 0 fully saturated rings. The average molecular weight is 362 g/mol. The SMILES string of the molecule is O=C(OCCOC(=O)c1cccc(N([O-])O)c1)c1cccc(N([O-])O)c1. The largest absolute Gasteiger partial charge is 0.733 e. The van der Waals surface area contributed by atoms with Crippen LogP contribution in [0.5, 0.6) is 0 Å². The molecule has 0 saturated carbocycles. The molecule has 0 unspecified atom stereocenters. The van der Waals surface area contributed by atoms with Gasteiger partial charge in [0.15, 0.2) is 0 Å². The molecule has 0 aliphatic carbocycles. The standard InChI is InChI=1S/C16H14N2O8/c19-15(11-3-1-5-13(9-11)17(21)22)25-7-8-26-16(20)12-4-2-6-14(10-12)18(23)24/h1-6,9-10,21,23H,7-8H2/q-2. The lowest BCUT2D eigenvalue weighted by Crippen LogP contribution is -2.15. The molecule has 10 nitrogen and oxygen atoms in total. The van der Waals surface area contributed by atoms with E-state index in [1.807, 2.05) is 0 Å². The van der Waals surface area contributed by atoms with Crippen LogP contribution in [0, 0.1) is 10.4 Å². The van der Waals surface area contributed by atoms with Gasteiger partial charge in [-0.15, -0.1) is 0 Å². The molecule has 138 valence electrons. The van der Waals surface area contributed by atoms with Crippen LogP contribution in [0.4, 0.5) is 11.4 Å². The molecule has 0 saturated heterocycles. The summed E-state index contributed by atoms with van der Waals surface area (Å²) in [6, 6.07) is 10.4. The van der Waals surface area contributed by atoms with Crippen LogP contribution in [0.1, 0.15) is 20.7 Å². The van der Waals surface area contributed by atoms with Crippen molar-refractivity contribution in [1.82, 2.24) is 0 Å². The Balaban J connectivity index is 1.83. The highest BCUT2D eigenvalue weighted by atomic mass is 16.8. The predicted octanol–water partition coefficient (Wildman–Crippen LogP) is 2.09. The first-order valence-corrected chi connectivity index (χ1v) is 7.25. The molecule has 0 radical (unpaired) electrons. The summed E-state index contributed by atoms with van der Waals surface area (Å²) in [6.45, 7) is -0.495. The van der Waals surface area contributed by atoms with E-state index in [9.17, 15) is 20.0 Å². The maximum absolute atomic E-state index is 11.8. The first kappa shape index (κ1) is 19.1. The second-order valence-electron chi connectivity index (χ2n) is 4.92. The van der Waals surface area contributed by atoms with Crippen LogP contribution in [0.15, 0.2) is 48.5 Å². The van der Waals surface area contributed by atoms with Crippen molar-refractivity contribution >= 4 is 23.3 Å². The third kappa shape index (κ3) is 5.16. The molecule has 0 heterocycles. The zero-order valence-corrected chi connectivity index (χ0v) is 13.3. The molecule has 0 spiro atoms. The Kier molecular flexibility index (Phi) is 6.47. The van der Waals surface area contributed by atoms with Gasteiger partial charge in [0.05, 0.1) is 22.5 Å². The number of nitrogens with zero attached hydrogens (tertiary/aromatic N) is 2. The van der Waals surface area contributed by atoms with Crippen LogP contribution in [0.3, 0.4) is 0 Å². The van der Waals surface area contributed by atoms with E-state index in [1.165, 1.54) is 36.4 Å². The Labute approximate surface area is 147 Å². The minimum atomic E-state index is -0.769. The van der Waals surface area contributed by atoms with Gasteiger partial charge in [0, 0.05) is 0 Å². The number of esters is 2. The van der Waals surface area contributed by atoms with Crippen LogP contribution < -0.4 is 10.5 Å². The van der Waals surface area contributed by atoms with E-state index >= 15 is 0 Å². The zero-order chi connectivity index (χ0) is 19.1. The van der Waals surface area contributed by atoms with Crippen molar-refractivity contribution in [3.63, 3.8) is 0 Å². The first-order chi connectivity index (χ1) is 12.4. The normalized spacial score (nSPS) is 10.2. The predicted molar refractivity (Wildman–Crippen MR) is 88.7 cm³/mol. The van der Waals surface area contributed by atoms with Crippen LogP contribution in [-0.2, 0) is 9.47 Å². The molecular formula is C16H14N2O8-2. The van der Waals surface area contributed by atoms with Crippen LogP contribution in [0.2, 0.25) is 0 Å². The fraction of sp³-hybridized carbons (Fsp3) is 0.125. The lowest BCUT2D eigenvalue weighted by atomic mass is 10.2. The minimum Gasteiger partial charge on any atom is -0.733 e. The molecule has 0 amide bonds. The number of rotatable bonds is 7. The van der Waals surface area contributed by atoms with E-state index in [2.05, 4.69) is 0 Å². The van der Waals surface area contributed by atoms with Gasteiger partial charge in [0.2, 0.25) is 0 Å². The summed E-state index contributed by atoms with van der Waals surface area (Å²) in [5, 5.41) is 38.4. The van der Waals surface area contributed by atoms with Crippen molar-refractivity contribution in [2.24, 2.45) is 0 Å². The van der Waals surface area contributed by atoms with Gasteiger partial charge in [0.25, 0.3) is 0 Å². The summed E-state index contributed by atoms with van der Waals surface area (Å²) in [4.78, 5) is 23.6. The third-order valence-corrected chi connectivity index (χ3v) is 3.16. The number of benzene rings is 2. The van der Waals surface area contributed by atoms with Gasteiger partial charge < -0.3 is 30.3 Å². The Bertz CT molecular complexity index is 713. The smallest absolute Gasteiger partial charge is 0.338 e. The topological polar surface area (TPSA) is 146 Å². The summed E-state index contributed by atoms with van der Waals surface area (Å²) in [5.74, 6) is -1.54. The fourth-order valence-electron chi connectivity index (χ4n) is 1.94. The van der Waals surface area contributed by atoms with Gasteiger partial charge in [-0.2, -0.15) is 0 Å². The van der Waals surface area contributed by atoms with Crippen molar-refractivity contribution in [2.75, 3.05) is 23.7 Å². The fourth-order valence-corrected chi connectivity index (χ4v) is 1.94. The summed E-state index contributed by atoms with van der Waals surface area (Å²) in [6.07, 6.45) is 0. The van der Waals surface area contributed by atoms with Gasteiger partial charge in [-0.05, 0) is 36.4 Å². The molecule has 0 aliphatic heterocycles. The Hall–Kier alpha value is -3.18. The highest BCUT2D eigenvalue weighted by Gasteiger charge is 2.11. The lowest BCUT2D eigenvalue weighted by molar-refractivity contribution is 0.0265. The van der Waals surface area contributed by atoms with Crippen LogP contribution in [0.25, 0.3) is 0 Å². The molecule has 0 atom stereocenters. The number of anilines is 2. The minimum absolute atomic E-state index is 0.0370. The van der Waals surface area contributed by atoms with Gasteiger partial charge in [0.1, 0.15) is 13.2 Å². The van der Waals surface area contributed by atoms with Crippen molar-refractivity contribution in [2.45, 2.75) is 0 Å². The van der Waals surface area contributed by atoms with Crippen molar-refractivity contribution in [1.29, 1.82) is 0 Å². The highest BCUT2D eigenvalue weighted by molar-refractivity contribution is 5.91. The summed E-state index contributed by atoms with van der Waals surface area (Å²) >= 11 is 0. The molecule has 2 aromatic rings. The number of ether oxygens (including phenoxy) is 2. The Morgan fingerprint density at radius 1 is 0.808 bits per heavy atom. The summed E-state index contributed by atoms with van der Waals surface area (Å²) in [5.41, 5.74) is -0.200. The van der Waals surface area contributed by atoms with Gasteiger partial charge in [-0.3, -0.25) is 10.4 Å². The molecule has 0 bridgehead atoms. The quantitative estimate of drug-likeness (QED) is 0.426. The number of carbonyl (C=O) groups excluding carboxylic acids is 2. The van der Waals surface area contributed by atoms with Crippen molar-refractivity contribution in [3.8, 4) is 0 Å². The van der Waals surface area contributed by atoms with Crippen molar-refractivity contribution in [3.05, 3.63) is 70.1 Å². The first-order valence-electron chi connectivity index (χ1n) is 7.25. The summed E-state index contributed by atoms with van der Waals surface area (Å²) in [7, 11) is 0. The molecular weight excluding hydrogens is 348 g/mol. The van der Waals surface area contributed by atoms with E-state index < -0.39 is 11.9 Å². The second-order valence-corrected chi connectivity index (χ2v) is 4.92. The third-order valence-electron chi connectivity index (χ3n) is 3.16. The molecule has 0 aliphatic rings. The molecule has 2 N–H and O–H groups in total. The molecule has 2 aromatic carbocycles. The van der Waals surface area contributed by atoms with E-state index in [0.717, 1.165) is 12.1 Å². The average Bonchev–Trinajstić information content (AvgIpc) is 2.65. The molecule has 10 heteroatoms. The zero-order valence-electron chi connectivity index (χ0n) is 13.3. The second kappa shape index (κ2) is 8.78. The van der Waals surface area contributed by atoms with Crippen LogP contribution in [-0.4, -0.2) is 35.6 Å². The molecule has 2 rings (SSSR count). The van der Waals surface area contributed by atoms with E-state index in [1.54, 1.807) is 0 Å². The van der Waals surface area contributed by atoms with Gasteiger partial charge >= 0.3 is 11.9 Å². The Morgan fingerprint density at radius 2 is 1.19 bits per heavy atom. The van der Waals surface area contributed by atoms with Crippen LogP contribution >= 0.6 is 0 Å². The number of hydrogen-bond donors (Lipinski definition) is 2. The van der Waals surface area contributed by atoms with E-state index in [0.29, 0.717) is 0 Å². The number of carbonyl (C=O) groups is 2. The summed E-state index contributed by atoms with van der Waals surface area (Å²) < 4.78 is 9.79. The molecule has 26 heavy (non-hydrogen) atoms. The molecule has 0 aromatic heterocycles. The maximum atomic E-state index is 11.8. The Morgan fingerprint density at radius 3 is 1.54 bits per heavy atom. The van der Waals surface area contributed by atoms with Gasteiger partial charge in [-0.1, -0.05) is 12.1 Å². The highest BCUT2D eigenvalue weighted by Crippen LogP contribution is 2.15. The van der Waals surface area contributed by atoms with Crippen molar-refractivity contribution < 1.29 is 29.5 Å².